The lowest BCUT2D eigenvalue weighted by molar-refractivity contribution is -0.132. The zero-order valence-corrected chi connectivity index (χ0v) is 17.9. The SMILES string of the molecule is CC(=O)Nc1cccc(N2C(=O)C(=O)/C(=C(/O)c3ccc(F)c(C)c3)C2c2ccccn2)c1. The van der Waals surface area contributed by atoms with Crippen LogP contribution in [-0.4, -0.2) is 27.7 Å². The molecule has 3 aromatic rings. The summed E-state index contributed by atoms with van der Waals surface area (Å²) >= 11 is 0. The van der Waals surface area contributed by atoms with E-state index in [4.69, 9.17) is 0 Å². The lowest BCUT2D eigenvalue weighted by Crippen LogP contribution is -2.30. The zero-order valence-electron chi connectivity index (χ0n) is 17.9. The van der Waals surface area contributed by atoms with Crippen LogP contribution in [0.3, 0.4) is 0 Å². The normalized spacial score (nSPS) is 17.3. The number of anilines is 2. The second-order valence-corrected chi connectivity index (χ2v) is 7.62. The van der Waals surface area contributed by atoms with Gasteiger partial charge in [0.2, 0.25) is 5.91 Å². The first kappa shape index (κ1) is 21.9. The molecule has 33 heavy (non-hydrogen) atoms. The molecule has 8 heteroatoms. The number of pyridine rings is 1. The number of hydrogen-bond acceptors (Lipinski definition) is 5. The van der Waals surface area contributed by atoms with Crippen molar-refractivity contribution < 1.29 is 23.9 Å². The molecule has 166 valence electrons. The van der Waals surface area contributed by atoms with E-state index in [2.05, 4.69) is 10.3 Å². The molecule has 0 radical (unpaired) electrons. The zero-order chi connectivity index (χ0) is 23.7. The highest BCUT2D eigenvalue weighted by atomic mass is 19.1. The van der Waals surface area contributed by atoms with Crippen molar-refractivity contribution in [3.63, 3.8) is 0 Å². The molecule has 1 saturated heterocycles. The summed E-state index contributed by atoms with van der Waals surface area (Å²) in [5, 5.41) is 13.7. The minimum absolute atomic E-state index is 0.158. The van der Waals surface area contributed by atoms with Gasteiger partial charge in [0.25, 0.3) is 11.7 Å². The van der Waals surface area contributed by atoms with Crippen molar-refractivity contribution >= 4 is 34.7 Å². The quantitative estimate of drug-likeness (QED) is 0.358. The maximum Gasteiger partial charge on any atom is 0.300 e. The molecule has 1 fully saturated rings. The van der Waals surface area contributed by atoms with Crippen LogP contribution in [0.1, 0.15) is 29.8 Å². The number of carbonyl (C=O) groups excluding carboxylic acids is 3. The van der Waals surface area contributed by atoms with Gasteiger partial charge in [0.15, 0.2) is 0 Å². The van der Waals surface area contributed by atoms with Crippen LogP contribution in [0.25, 0.3) is 5.76 Å². The maximum atomic E-state index is 13.8. The minimum atomic E-state index is -1.02. The van der Waals surface area contributed by atoms with Crippen molar-refractivity contribution in [1.82, 2.24) is 4.98 Å². The summed E-state index contributed by atoms with van der Waals surface area (Å²) in [7, 11) is 0. The Morgan fingerprint density at radius 2 is 1.88 bits per heavy atom. The van der Waals surface area contributed by atoms with Gasteiger partial charge in [-0.3, -0.25) is 24.3 Å². The molecule has 0 spiro atoms. The van der Waals surface area contributed by atoms with E-state index < -0.39 is 29.3 Å². The number of nitrogens with one attached hydrogen (secondary N) is 1. The number of nitrogens with zero attached hydrogens (tertiary/aromatic N) is 2. The van der Waals surface area contributed by atoms with E-state index in [9.17, 15) is 23.9 Å². The van der Waals surface area contributed by atoms with Crippen LogP contribution < -0.4 is 10.2 Å². The molecule has 2 heterocycles. The largest absolute Gasteiger partial charge is 0.507 e. The number of aliphatic hydroxyl groups excluding tert-OH is 1. The summed E-state index contributed by atoms with van der Waals surface area (Å²) in [6.45, 7) is 2.89. The van der Waals surface area contributed by atoms with Crippen molar-refractivity contribution in [1.29, 1.82) is 0 Å². The number of carbonyl (C=O) groups is 3. The third kappa shape index (κ3) is 4.10. The van der Waals surface area contributed by atoms with Gasteiger partial charge in [-0.15, -0.1) is 0 Å². The van der Waals surface area contributed by atoms with Gasteiger partial charge in [0.1, 0.15) is 17.6 Å². The standard InChI is InChI=1S/C25H20FN3O4/c1-14-12-16(9-10-19(14)26)23(31)21-22(20-8-3-4-11-27-20)29(25(33)24(21)32)18-7-5-6-17(13-18)28-15(2)30/h3-13,22,31H,1-2H3,(H,28,30)/b23-21+. The summed E-state index contributed by atoms with van der Waals surface area (Å²) < 4.78 is 13.8. The lowest BCUT2D eigenvalue weighted by atomic mass is 9.97. The van der Waals surface area contributed by atoms with Gasteiger partial charge in [-0.05, 0) is 61.0 Å². The van der Waals surface area contributed by atoms with Crippen molar-refractivity contribution in [2.45, 2.75) is 19.9 Å². The number of aryl methyl sites for hydroxylation is 1. The fraction of sp³-hybridized carbons (Fsp3) is 0.120. The van der Waals surface area contributed by atoms with E-state index in [-0.39, 0.29) is 22.6 Å². The van der Waals surface area contributed by atoms with Crippen LogP contribution in [0.4, 0.5) is 15.8 Å². The Labute approximate surface area is 189 Å². The van der Waals surface area contributed by atoms with E-state index in [1.165, 1.54) is 43.1 Å². The van der Waals surface area contributed by atoms with Crippen LogP contribution in [0.15, 0.2) is 72.4 Å². The number of ketones is 1. The molecular weight excluding hydrogens is 425 g/mol. The van der Waals surface area contributed by atoms with Gasteiger partial charge < -0.3 is 10.4 Å². The number of halogens is 1. The minimum Gasteiger partial charge on any atom is -0.507 e. The van der Waals surface area contributed by atoms with Gasteiger partial charge in [0.05, 0.1) is 11.3 Å². The van der Waals surface area contributed by atoms with Crippen LogP contribution in [-0.2, 0) is 14.4 Å². The molecule has 1 unspecified atom stereocenters. The second-order valence-electron chi connectivity index (χ2n) is 7.62. The van der Waals surface area contributed by atoms with Crippen molar-refractivity contribution in [2.24, 2.45) is 0 Å². The number of amides is 2. The first-order valence-corrected chi connectivity index (χ1v) is 10.1. The van der Waals surface area contributed by atoms with E-state index >= 15 is 0 Å². The van der Waals surface area contributed by atoms with Gasteiger partial charge >= 0.3 is 0 Å². The third-order valence-electron chi connectivity index (χ3n) is 5.29. The highest BCUT2D eigenvalue weighted by molar-refractivity contribution is 6.51. The summed E-state index contributed by atoms with van der Waals surface area (Å²) in [6.07, 6.45) is 1.52. The van der Waals surface area contributed by atoms with Crippen molar-refractivity contribution in [3.05, 3.63) is 95.1 Å². The highest BCUT2D eigenvalue weighted by Gasteiger charge is 2.47. The van der Waals surface area contributed by atoms with Crippen LogP contribution in [0, 0.1) is 12.7 Å². The second kappa shape index (κ2) is 8.66. The molecule has 1 atom stereocenters. The maximum absolute atomic E-state index is 13.8. The fourth-order valence-corrected chi connectivity index (χ4v) is 3.80. The molecule has 0 saturated carbocycles. The summed E-state index contributed by atoms with van der Waals surface area (Å²) in [5.74, 6) is -2.92. The Bertz CT molecular complexity index is 1300. The lowest BCUT2D eigenvalue weighted by Gasteiger charge is -2.25. The molecule has 7 nitrogen and oxygen atoms in total. The topological polar surface area (TPSA) is 99.6 Å². The van der Waals surface area contributed by atoms with Crippen LogP contribution in [0.5, 0.6) is 0 Å². The molecule has 1 aliphatic rings. The third-order valence-corrected chi connectivity index (χ3v) is 5.29. The summed E-state index contributed by atoms with van der Waals surface area (Å²) in [6, 6.07) is 14.4. The van der Waals surface area contributed by atoms with Crippen molar-refractivity contribution in [3.8, 4) is 0 Å². The van der Waals surface area contributed by atoms with Crippen LogP contribution >= 0.6 is 0 Å². The van der Waals surface area contributed by atoms with Gasteiger partial charge in [-0.1, -0.05) is 12.1 Å². The molecule has 2 amide bonds. The molecule has 1 aromatic heterocycles. The Hall–Kier alpha value is -4.33. The number of rotatable bonds is 4. The van der Waals surface area contributed by atoms with E-state index in [0.717, 1.165) is 0 Å². The molecule has 2 N–H and O–H groups in total. The number of Topliss-reactive ketones (excluding diaryl/α,β-unsaturated/α-hetero) is 1. The molecule has 0 bridgehead atoms. The van der Waals surface area contributed by atoms with E-state index in [1.807, 2.05) is 0 Å². The molecular formula is C25H20FN3O4. The number of aromatic nitrogens is 1. The van der Waals surface area contributed by atoms with Gasteiger partial charge in [-0.2, -0.15) is 0 Å². The van der Waals surface area contributed by atoms with Gasteiger partial charge in [-0.25, -0.2) is 4.39 Å². The Morgan fingerprint density at radius 3 is 2.55 bits per heavy atom. The average Bonchev–Trinajstić information content (AvgIpc) is 3.06. The van der Waals surface area contributed by atoms with Gasteiger partial charge in [0, 0.05) is 30.1 Å². The summed E-state index contributed by atoms with van der Waals surface area (Å²) in [5.41, 5.74) is 1.48. The highest BCUT2D eigenvalue weighted by Crippen LogP contribution is 2.42. The van der Waals surface area contributed by atoms with Crippen molar-refractivity contribution in [2.75, 3.05) is 10.2 Å². The summed E-state index contributed by atoms with van der Waals surface area (Å²) in [4.78, 5) is 43.3. The first-order valence-electron chi connectivity index (χ1n) is 10.1. The smallest absolute Gasteiger partial charge is 0.300 e. The predicted molar refractivity (Wildman–Crippen MR) is 121 cm³/mol. The number of benzene rings is 2. The Kier molecular flexibility index (Phi) is 5.74. The number of aliphatic hydroxyl groups is 1. The molecule has 0 aliphatic carbocycles. The molecule has 4 rings (SSSR count). The number of hydrogen-bond donors (Lipinski definition) is 2. The van der Waals surface area contributed by atoms with E-state index in [0.29, 0.717) is 17.1 Å². The Balaban J connectivity index is 1.91. The first-order chi connectivity index (χ1) is 15.8. The molecule has 2 aromatic carbocycles. The average molecular weight is 445 g/mol. The monoisotopic (exact) mass is 445 g/mol. The molecule has 1 aliphatic heterocycles. The van der Waals surface area contributed by atoms with Crippen LogP contribution in [0.2, 0.25) is 0 Å². The predicted octanol–water partition coefficient (Wildman–Crippen LogP) is 4.11. The fourth-order valence-electron chi connectivity index (χ4n) is 3.80. The Morgan fingerprint density at radius 1 is 1.09 bits per heavy atom. The van der Waals surface area contributed by atoms with E-state index in [1.54, 1.807) is 42.5 Å².